The quantitative estimate of drug-likeness (QED) is 0.920. The van der Waals surface area contributed by atoms with Crippen molar-refractivity contribution in [2.24, 2.45) is 5.92 Å². The van der Waals surface area contributed by atoms with Gasteiger partial charge >= 0.3 is 0 Å². The van der Waals surface area contributed by atoms with Gasteiger partial charge in [-0.25, -0.2) is 0 Å². The van der Waals surface area contributed by atoms with E-state index in [-0.39, 0.29) is 0 Å². The van der Waals surface area contributed by atoms with Gasteiger partial charge in [-0.05, 0) is 54.3 Å². The van der Waals surface area contributed by atoms with E-state index in [2.05, 4.69) is 33.0 Å². The fraction of sp³-hybridized carbons (Fsp3) is 0.500. The molecule has 6 nitrogen and oxygen atoms in total. The van der Waals surface area contributed by atoms with Crippen LogP contribution in [0.4, 0.5) is 5.69 Å². The van der Waals surface area contributed by atoms with Gasteiger partial charge in [-0.3, -0.25) is 0 Å². The van der Waals surface area contributed by atoms with Crippen molar-refractivity contribution in [3.63, 3.8) is 0 Å². The summed E-state index contributed by atoms with van der Waals surface area (Å²) >= 11 is 0. The minimum atomic E-state index is 0.599. The molecule has 1 N–H and O–H groups in total. The molecule has 6 heteroatoms. The molecule has 0 radical (unpaired) electrons. The number of nitrogens with one attached hydrogen (secondary N) is 1. The number of aryl methyl sites for hydroxylation is 1. The number of nitrogens with zero attached hydrogens (tertiary/aromatic N) is 4. The zero-order valence-electron chi connectivity index (χ0n) is 11.6. The molecule has 0 amide bonds. The van der Waals surface area contributed by atoms with Crippen LogP contribution in [-0.4, -0.2) is 40.0 Å². The number of ether oxygens (including phenoxy) is 1. The Kier molecular flexibility index (Phi) is 3.92. The second kappa shape index (κ2) is 6.00. The van der Waals surface area contributed by atoms with Crippen molar-refractivity contribution in [3.05, 3.63) is 30.1 Å². The Hall–Kier alpha value is -1.95. The Morgan fingerprint density at radius 2 is 2.40 bits per heavy atom. The van der Waals surface area contributed by atoms with Gasteiger partial charge in [-0.1, -0.05) is 6.07 Å². The minimum absolute atomic E-state index is 0.599. The maximum absolute atomic E-state index is 5.50. The molecule has 2 aromatic rings. The highest BCUT2D eigenvalue weighted by Crippen LogP contribution is 2.17. The van der Waals surface area contributed by atoms with Gasteiger partial charge in [-0.15, -0.1) is 5.10 Å². The van der Waals surface area contributed by atoms with Gasteiger partial charge in [0, 0.05) is 18.8 Å². The van der Waals surface area contributed by atoms with Gasteiger partial charge < -0.3 is 10.1 Å². The van der Waals surface area contributed by atoms with E-state index in [4.69, 9.17) is 4.74 Å². The first-order chi connectivity index (χ1) is 9.83. The summed E-state index contributed by atoms with van der Waals surface area (Å²) in [4.78, 5) is 0. The van der Waals surface area contributed by atoms with Gasteiger partial charge in [0.25, 0.3) is 0 Å². The van der Waals surface area contributed by atoms with Crippen LogP contribution in [0.2, 0.25) is 0 Å². The van der Waals surface area contributed by atoms with Crippen molar-refractivity contribution in [3.8, 4) is 5.69 Å². The van der Waals surface area contributed by atoms with Crippen molar-refractivity contribution < 1.29 is 4.74 Å². The highest BCUT2D eigenvalue weighted by Gasteiger charge is 2.13. The molecule has 20 heavy (non-hydrogen) atoms. The molecular formula is C14H19N5O. The van der Waals surface area contributed by atoms with Crippen LogP contribution in [0.5, 0.6) is 0 Å². The number of tetrazole rings is 1. The first-order valence-corrected chi connectivity index (χ1v) is 7.00. The summed E-state index contributed by atoms with van der Waals surface area (Å²) in [6, 6.07) is 8.13. The van der Waals surface area contributed by atoms with Gasteiger partial charge in [0.15, 0.2) is 5.82 Å². The Morgan fingerprint density at radius 1 is 1.45 bits per heavy atom. The molecule has 0 spiro atoms. The van der Waals surface area contributed by atoms with E-state index in [1.165, 1.54) is 6.42 Å². The molecule has 106 valence electrons. The summed E-state index contributed by atoms with van der Waals surface area (Å²) in [5, 5.41) is 15.0. The molecule has 1 aromatic carbocycles. The van der Waals surface area contributed by atoms with Gasteiger partial charge in [0.2, 0.25) is 0 Å². The van der Waals surface area contributed by atoms with Crippen molar-refractivity contribution in [1.29, 1.82) is 0 Å². The average Bonchev–Trinajstić information content (AvgIpc) is 2.93. The molecule has 0 aliphatic carbocycles. The topological polar surface area (TPSA) is 64.9 Å². The number of anilines is 1. The average molecular weight is 273 g/mol. The van der Waals surface area contributed by atoms with Crippen LogP contribution in [0.15, 0.2) is 24.3 Å². The van der Waals surface area contributed by atoms with Crippen LogP contribution in [0.25, 0.3) is 5.69 Å². The first kappa shape index (κ1) is 13.1. The van der Waals surface area contributed by atoms with Crippen molar-refractivity contribution >= 4 is 5.69 Å². The Balaban J connectivity index is 1.67. The van der Waals surface area contributed by atoms with Crippen LogP contribution < -0.4 is 5.32 Å². The molecule has 2 heterocycles. The lowest BCUT2D eigenvalue weighted by molar-refractivity contribution is 0.0595. The van der Waals surface area contributed by atoms with E-state index in [1.54, 1.807) is 4.68 Å². The zero-order valence-corrected chi connectivity index (χ0v) is 11.6. The molecule has 0 bridgehead atoms. The Labute approximate surface area is 118 Å². The van der Waals surface area contributed by atoms with Crippen molar-refractivity contribution in [2.75, 3.05) is 25.1 Å². The zero-order chi connectivity index (χ0) is 13.8. The largest absolute Gasteiger partial charge is 0.385 e. The molecule has 1 aromatic heterocycles. The predicted molar refractivity (Wildman–Crippen MR) is 75.9 cm³/mol. The maximum Gasteiger partial charge on any atom is 0.153 e. The number of benzene rings is 1. The number of aromatic nitrogens is 4. The van der Waals surface area contributed by atoms with Gasteiger partial charge in [-0.2, -0.15) is 4.68 Å². The standard InChI is InChI=1S/C14H19N5O/c1-11-16-17-18-19(11)14-6-2-5-13(8-14)15-9-12-4-3-7-20-10-12/h2,5-6,8,12,15H,3-4,7,9-10H2,1H3. The van der Waals surface area contributed by atoms with Crippen LogP contribution in [-0.2, 0) is 4.74 Å². The molecule has 1 fully saturated rings. The number of rotatable bonds is 4. The summed E-state index contributed by atoms with van der Waals surface area (Å²) in [6.07, 6.45) is 2.40. The SMILES string of the molecule is Cc1nnnn1-c1cccc(NCC2CCCOC2)c1. The van der Waals surface area contributed by atoms with Crippen LogP contribution >= 0.6 is 0 Å². The van der Waals surface area contributed by atoms with Crippen LogP contribution in [0, 0.1) is 12.8 Å². The molecular weight excluding hydrogens is 254 g/mol. The Bertz CT molecular complexity index is 562. The second-order valence-electron chi connectivity index (χ2n) is 5.15. The highest BCUT2D eigenvalue weighted by molar-refractivity contribution is 5.51. The number of hydrogen-bond donors (Lipinski definition) is 1. The number of hydrogen-bond acceptors (Lipinski definition) is 5. The lowest BCUT2D eigenvalue weighted by Gasteiger charge is -2.22. The normalized spacial score (nSPS) is 18.9. The fourth-order valence-electron chi connectivity index (χ4n) is 2.45. The summed E-state index contributed by atoms with van der Waals surface area (Å²) in [7, 11) is 0. The molecule has 1 saturated heterocycles. The first-order valence-electron chi connectivity index (χ1n) is 7.00. The lowest BCUT2D eigenvalue weighted by atomic mass is 10.0. The van der Waals surface area contributed by atoms with E-state index in [0.717, 1.165) is 43.4 Å². The van der Waals surface area contributed by atoms with Crippen LogP contribution in [0.3, 0.4) is 0 Å². The Morgan fingerprint density at radius 3 is 3.15 bits per heavy atom. The molecule has 0 saturated carbocycles. The molecule has 1 unspecified atom stereocenters. The van der Waals surface area contributed by atoms with Crippen molar-refractivity contribution in [2.45, 2.75) is 19.8 Å². The van der Waals surface area contributed by atoms with E-state index in [0.29, 0.717) is 5.92 Å². The smallest absolute Gasteiger partial charge is 0.153 e. The molecule has 3 rings (SSSR count). The third-order valence-corrected chi connectivity index (χ3v) is 3.57. The summed E-state index contributed by atoms with van der Waals surface area (Å²) in [6.45, 7) is 4.60. The summed E-state index contributed by atoms with van der Waals surface area (Å²) < 4.78 is 7.23. The maximum atomic E-state index is 5.50. The third kappa shape index (κ3) is 2.96. The summed E-state index contributed by atoms with van der Waals surface area (Å²) in [5.41, 5.74) is 2.06. The van der Waals surface area contributed by atoms with E-state index >= 15 is 0 Å². The molecule has 1 atom stereocenters. The summed E-state index contributed by atoms with van der Waals surface area (Å²) in [5.74, 6) is 1.38. The van der Waals surface area contributed by atoms with Gasteiger partial charge in [0.1, 0.15) is 0 Å². The van der Waals surface area contributed by atoms with Gasteiger partial charge in [0.05, 0.1) is 12.3 Å². The minimum Gasteiger partial charge on any atom is -0.385 e. The van der Waals surface area contributed by atoms with E-state index in [9.17, 15) is 0 Å². The molecule has 1 aliphatic heterocycles. The predicted octanol–water partition coefficient (Wildman–Crippen LogP) is 1.81. The van der Waals surface area contributed by atoms with E-state index < -0.39 is 0 Å². The molecule has 1 aliphatic rings. The third-order valence-electron chi connectivity index (χ3n) is 3.57. The monoisotopic (exact) mass is 273 g/mol. The van der Waals surface area contributed by atoms with Crippen molar-refractivity contribution in [1.82, 2.24) is 20.2 Å². The highest BCUT2D eigenvalue weighted by atomic mass is 16.5. The lowest BCUT2D eigenvalue weighted by Crippen LogP contribution is -2.24. The van der Waals surface area contributed by atoms with E-state index in [1.807, 2.05) is 19.1 Å². The second-order valence-corrected chi connectivity index (χ2v) is 5.15. The van der Waals surface area contributed by atoms with Crippen LogP contribution in [0.1, 0.15) is 18.7 Å². The fourth-order valence-corrected chi connectivity index (χ4v) is 2.45.